The molecule has 0 saturated carbocycles. The molecule has 0 heterocycles. The number of ether oxygens (including phenoxy) is 1. The lowest BCUT2D eigenvalue weighted by Crippen LogP contribution is -3.61. The number of hydrogen-bond donors (Lipinski definition) is 0. The van der Waals surface area contributed by atoms with Gasteiger partial charge < -0.3 is 14.6 Å². The molecule has 118 valence electrons. The van der Waals surface area contributed by atoms with E-state index >= 15 is 0 Å². The summed E-state index contributed by atoms with van der Waals surface area (Å²) >= 11 is -0.124. The standard InChI is InChI=1S/C13H12IO.C2HF3O2/c1-15-13-10-6-5-9-12(13)14-11-7-3-2-4-8-11;3-2(4,5)1(6)7/h2-10H,1H3;(H,6,7)/q+1;/p-1. The second-order valence-corrected chi connectivity index (χ2v) is 6.76. The molecule has 0 aliphatic heterocycles. The largest absolute Gasteiger partial charge is 0.542 e. The maximum Gasteiger partial charge on any atom is 0.430 e. The molecule has 0 aliphatic rings. The summed E-state index contributed by atoms with van der Waals surface area (Å²) in [6.07, 6.45) is -5.19. The number of para-hydroxylation sites is 1. The van der Waals surface area contributed by atoms with E-state index in [-0.39, 0.29) is 21.2 Å². The summed E-state index contributed by atoms with van der Waals surface area (Å²) in [5.41, 5.74) is 0. The van der Waals surface area contributed by atoms with Gasteiger partial charge in [-0.25, -0.2) is 0 Å². The Morgan fingerprint density at radius 3 is 2.05 bits per heavy atom. The van der Waals surface area contributed by atoms with Gasteiger partial charge in [0.05, 0.1) is 7.11 Å². The number of rotatable bonds is 3. The van der Waals surface area contributed by atoms with Crippen molar-refractivity contribution < 1.29 is 49.0 Å². The molecule has 2 aromatic rings. The lowest BCUT2D eigenvalue weighted by atomic mass is 10.3. The molecule has 0 aliphatic carbocycles. The lowest BCUT2D eigenvalue weighted by molar-refractivity contribution is -0.598. The fourth-order valence-electron chi connectivity index (χ4n) is 1.28. The van der Waals surface area contributed by atoms with Crippen LogP contribution in [-0.2, 0) is 4.79 Å². The Balaban J connectivity index is 0.000000295. The highest BCUT2D eigenvalue weighted by Crippen LogP contribution is 2.11. The van der Waals surface area contributed by atoms with Gasteiger partial charge in [0, 0.05) is 0 Å². The van der Waals surface area contributed by atoms with Crippen LogP contribution in [0.3, 0.4) is 0 Å². The number of alkyl halides is 3. The second-order valence-electron chi connectivity index (χ2n) is 3.81. The number of halogens is 4. The first-order valence-electron chi connectivity index (χ1n) is 5.95. The molecule has 0 unspecified atom stereocenters. The molecule has 22 heavy (non-hydrogen) atoms. The van der Waals surface area contributed by atoms with Gasteiger partial charge in [-0.05, 0) is 24.3 Å². The van der Waals surface area contributed by atoms with Gasteiger partial charge in [0.1, 0.15) is 5.97 Å². The van der Waals surface area contributed by atoms with Crippen LogP contribution >= 0.6 is 0 Å². The van der Waals surface area contributed by atoms with E-state index in [1.807, 2.05) is 12.1 Å². The number of carbonyl (C=O) groups excluding carboxylic acids is 1. The minimum Gasteiger partial charge on any atom is -0.542 e. The Kier molecular flexibility index (Phi) is 7.16. The smallest absolute Gasteiger partial charge is 0.430 e. The van der Waals surface area contributed by atoms with Crippen LogP contribution in [0.4, 0.5) is 13.2 Å². The molecule has 0 spiro atoms. The number of aliphatic carboxylic acids is 1. The zero-order valence-corrected chi connectivity index (χ0v) is 13.6. The third kappa shape index (κ3) is 6.33. The first-order chi connectivity index (χ1) is 10.3. The molecule has 0 radical (unpaired) electrons. The van der Waals surface area contributed by atoms with Gasteiger partial charge in [-0.3, -0.25) is 0 Å². The highest BCUT2D eigenvalue weighted by atomic mass is 127. The van der Waals surface area contributed by atoms with Crippen molar-refractivity contribution in [3.63, 3.8) is 0 Å². The molecular weight excluding hydrogens is 412 g/mol. The minimum absolute atomic E-state index is 0.124. The van der Waals surface area contributed by atoms with Crippen LogP contribution in [0, 0.1) is 7.14 Å². The lowest BCUT2D eigenvalue weighted by Gasteiger charge is -2.03. The van der Waals surface area contributed by atoms with Crippen molar-refractivity contribution in [1.29, 1.82) is 0 Å². The first-order valence-corrected chi connectivity index (χ1v) is 8.11. The Labute approximate surface area is 136 Å². The zero-order chi connectivity index (χ0) is 16.6. The van der Waals surface area contributed by atoms with E-state index in [9.17, 15) is 13.2 Å². The van der Waals surface area contributed by atoms with E-state index in [4.69, 9.17) is 14.6 Å². The van der Waals surface area contributed by atoms with Crippen molar-refractivity contribution in [2.24, 2.45) is 0 Å². The molecule has 0 bridgehead atoms. The molecule has 0 fully saturated rings. The molecule has 2 aromatic carbocycles. The van der Waals surface area contributed by atoms with Gasteiger partial charge in [0.25, 0.3) is 0 Å². The summed E-state index contributed by atoms with van der Waals surface area (Å²) in [6, 6.07) is 18.8. The molecular formula is C15H12F3IO3. The van der Waals surface area contributed by atoms with Crippen molar-refractivity contribution in [1.82, 2.24) is 0 Å². The van der Waals surface area contributed by atoms with Crippen molar-refractivity contribution in [3.05, 3.63) is 61.7 Å². The maximum absolute atomic E-state index is 10.5. The Bertz CT molecular complexity index is 600. The summed E-state index contributed by atoms with van der Waals surface area (Å²) in [6.45, 7) is 0. The number of benzene rings is 2. The Hall–Kier alpha value is -1.77. The highest BCUT2D eigenvalue weighted by molar-refractivity contribution is 5.70. The molecule has 0 N–H and O–H groups in total. The van der Waals surface area contributed by atoms with Crippen LogP contribution in [0.5, 0.6) is 5.75 Å². The molecule has 2 rings (SSSR count). The molecule has 0 amide bonds. The van der Waals surface area contributed by atoms with E-state index in [2.05, 4.69) is 42.5 Å². The number of hydrogen-bond acceptors (Lipinski definition) is 3. The fraction of sp³-hybridized carbons (Fsp3) is 0.133. The van der Waals surface area contributed by atoms with E-state index in [1.54, 1.807) is 7.11 Å². The molecule has 3 nitrogen and oxygen atoms in total. The normalized spacial score (nSPS) is 10.4. The van der Waals surface area contributed by atoms with Gasteiger partial charge in [0.2, 0.25) is 3.57 Å². The monoisotopic (exact) mass is 424 g/mol. The van der Waals surface area contributed by atoms with Gasteiger partial charge >= 0.3 is 27.4 Å². The molecule has 0 aromatic heterocycles. The number of methoxy groups -OCH3 is 1. The van der Waals surface area contributed by atoms with Gasteiger partial charge in [-0.2, -0.15) is 13.2 Å². The van der Waals surface area contributed by atoms with E-state index < -0.39 is 12.1 Å². The number of carboxylic acid groups (broad SMARTS) is 1. The van der Waals surface area contributed by atoms with Crippen LogP contribution < -0.4 is 31.0 Å². The number of carbonyl (C=O) groups is 1. The van der Waals surface area contributed by atoms with Crippen LogP contribution in [0.1, 0.15) is 0 Å². The van der Waals surface area contributed by atoms with Crippen molar-refractivity contribution >= 4 is 5.97 Å². The van der Waals surface area contributed by atoms with Crippen LogP contribution in [0.2, 0.25) is 0 Å². The summed E-state index contributed by atoms with van der Waals surface area (Å²) < 4.78 is 39.6. The van der Waals surface area contributed by atoms with Crippen LogP contribution in [0.25, 0.3) is 0 Å². The number of carboxylic acids is 1. The SMILES string of the molecule is COc1ccccc1[I+]c1ccccc1.O=C([O-])C(F)(F)F. The van der Waals surface area contributed by atoms with Gasteiger partial charge in [-0.1, -0.05) is 30.3 Å². The average molecular weight is 424 g/mol. The molecule has 7 heteroatoms. The van der Waals surface area contributed by atoms with E-state index in [0.29, 0.717) is 0 Å². The second kappa shape index (κ2) is 8.62. The highest BCUT2D eigenvalue weighted by Gasteiger charge is 2.28. The summed E-state index contributed by atoms with van der Waals surface area (Å²) in [7, 11) is 1.73. The summed E-state index contributed by atoms with van der Waals surface area (Å²) in [4.78, 5) is 8.78. The maximum atomic E-state index is 10.5. The third-order valence-corrected chi connectivity index (χ3v) is 5.05. The first kappa shape index (κ1) is 18.3. The fourth-order valence-corrected chi connectivity index (χ4v) is 3.78. The zero-order valence-electron chi connectivity index (χ0n) is 11.4. The van der Waals surface area contributed by atoms with Gasteiger partial charge in [-0.15, -0.1) is 0 Å². The quantitative estimate of drug-likeness (QED) is 0.602. The topological polar surface area (TPSA) is 49.4 Å². The van der Waals surface area contributed by atoms with Gasteiger partial charge in [0.15, 0.2) is 9.32 Å². The third-order valence-electron chi connectivity index (χ3n) is 2.23. The van der Waals surface area contributed by atoms with E-state index in [1.165, 1.54) is 7.14 Å². The average Bonchev–Trinajstić information content (AvgIpc) is 2.48. The van der Waals surface area contributed by atoms with Crippen LogP contribution in [0.15, 0.2) is 54.6 Å². The Morgan fingerprint density at radius 1 is 1.05 bits per heavy atom. The van der Waals surface area contributed by atoms with Crippen molar-refractivity contribution in [2.75, 3.05) is 7.11 Å². The van der Waals surface area contributed by atoms with E-state index in [0.717, 1.165) is 5.75 Å². The molecule has 0 saturated heterocycles. The predicted octanol–water partition coefficient (Wildman–Crippen LogP) is -0.878. The summed E-state index contributed by atoms with van der Waals surface area (Å²) in [5.74, 6) is -2.00. The van der Waals surface area contributed by atoms with Crippen LogP contribution in [-0.4, -0.2) is 19.3 Å². The predicted molar refractivity (Wildman–Crippen MR) is 67.9 cm³/mol. The van der Waals surface area contributed by atoms with Crippen molar-refractivity contribution in [2.45, 2.75) is 6.18 Å². The summed E-state index contributed by atoms with van der Waals surface area (Å²) in [5, 5.41) is 8.78. The molecule has 0 atom stereocenters. The minimum atomic E-state index is -5.19. The van der Waals surface area contributed by atoms with Crippen molar-refractivity contribution in [3.8, 4) is 5.75 Å². The Morgan fingerprint density at radius 2 is 1.55 bits per heavy atom.